The highest BCUT2D eigenvalue weighted by atomic mass is 32.2. The summed E-state index contributed by atoms with van der Waals surface area (Å²) in [5.41, 5.74) is 0. The Morgan fingerprint density at radius 1 is 1.80 bits per heavy atom. The Kier molecular flexibility index (Phi) is 5.06. The number of methoxy groups -OCH3 is 1. The van der Waals surface area contributed by atoms with Crippen molar-refractivity contribution >= 4 is 18.0 Å². The minimum absolute atomic E-state index is 0.380. The van der Waals surface area contributed by atoms with Gasteiger partial charge < -0.3 is 4.74 Å². The predicted octanol–water partition coefficient (Wildman–Crippen LogP) is 1.36. The summed E-state index contributed by atoms with van der Waals surface area (Å²) in [4.78, 5) is 10.6. The first-order chi connectivity index (χ1) is 4.72. The smallest absolute Gasteiger partial charge is 0.336 e. The third-order valence-corrected chi connectivity index (χ3v) is 1.34. The van der Waals surface area contributed by atoms with E-state index in [2.05, 4.69) is 11.3 Å². The second-order valence-electron chi connectivity index (χ2n) is 1.52. The van der Waals surface area contributed by atoms with Crippen molar-refractivity contribution in [2.24, 2.45) is 0 Å². The van der Waals surface area contributed by atoms with E-state index >= 15 is 0 Å². The van der Waals surface area contributed by atoms with E-state index in [-0.39, 0.29) is 5.97 Å². The first kappa shape index (κ1) is 9.52. The van der Waals surface area contributed by atoms with Crippen LogP contribution in [0.25, 0.3) is 0 Å². The Hall–Kier alpha value is -0.480. The molecule has 1 unspecified atom stereocenters. The van der Waals surface area contributed by atoms with Crippen LogP contribution in [0, 0.1) is 0 Å². The fraction of sp³-hybridized carbons (Fsp3) is 0.500. The summed E-state index contributed by atoms with van der Waals surface area (Å²) in [5.74, 6) is -0.380. The number of carbonyl (C=O) groups is 1. The fourth-order valence-electron chi connectivity index (χ4n) is 0.328. The quantitative estimate of drug-likeness (QED) is 0.462. The molecule has 4 heteroatoms. The van der Waals surface area contributed by atoms with Gasteiger partial charge in [0.15, 0.2) is 6.10 Å². The van der Waals surface area contributed by atoms with Crippen molar-refractivity contribution in [3.63, 3.8) is 0 Å². The van der Waals surface area contributed by atoms with Gasteiger partial charge >= 0.3 is 5.97 Å². The van der Waals surface area contributed by atoms with E-state index in [1.807, 2.05) is 0 Å². The van der Waals surface area contributed by atoms with E-state index in [1.54, 1.807) is 6.92 Å². The van der Waals surface area contributed by atoms with Crippen LogP contribution in [0.2, 0.25) is 0 Å². The van der Waals surface area contributed by atoms with Crippen LogP contribution in [0.4, 0.5) is 0 Å². The lowest BCUT2D eigenvalue weighted by atomic mass is 10.4. The number of ether oxygens (including phenoxy) is 1. The minimum atomic E-state index is -0.534. The molecule has 0 heterocycles. The maximum absolute atomic E-state index is 10.6. The molecule has 0 aromatic rings. The van der Waals surface area contributed by atoms with Gasteiger partial charge in [-0.15, -0.1) is 0 Å². The molecule has 0 aromatic heterocycles. The number of carbonyl (C=O) groups excluding carboxylic acids is 1. The van der Waals surface area contributed by atoms with Crippen LogP contribution in [0.1, 0.15) is 6.92 Å². The summed E-state index contributed by atoms with van der Waals surface area (Å²) in [7, 11) is 1.32. The van der Waals surface area contributed by atoms with Crippen LogP contribution >= 0.6 is 12.0 Å². The van der Waals surface area contributed by atoms with Crippen molar-refractivity contribution in [3.05, 3.63) is 12.0 Å². The monoisotopic (exact) mass is 162 g/mol. The molecule has 0 saturated carbocycles. The highest BCUT2D eigenvalue weighted by molar-refractivity contribution is 7.97. The van der Waals surface area contributed by atoms with Crippen LogP contribution < -0.4 is 0 Å². The van der Waals surface area contributed by atoms with Crippen molar-refractivity contribution in [3.8, 4) is 0 Å². The van der Waals surface area contributed by atoms with Gasteiger partial charge in [-0.3, -0.25) is 4.18 Å². The van der Waals surface area contributed by atoms with Crippen molar-refractivity contribution in [1.29, 1.82) is 0 Å². The Morgan fingerprint density at radius 3 is 2.80 bits per heavy atom. The molecule has 0 aliphatic carbocycles. The molecular weight excluding hydrogens is 152 g/mol. The van der Waals surface area contributed by atoms with E-state index in [1.165, 1.54) is 12.5 Å². The average molecular weight is 162 g/mol. The molecule has 0 aromatic carbocycles. The van der Waals surface area contributed by atoms with Crippen LogP contribution in [-0.2, 0) is 13.7 Å². The average Bonchev–Trinajstić information content (AvgIpc) is 1.98. The zero-order chi connectivity index (χ0) is 7.98. The van der Waals surface area contributed by atoms with Crippen molar-refractivity contribution in [2.45, 2.75) is 13.0 Å². The summed E-state index contributed by atoms with van der Waals surface area (Å²) < 4.78 is 9.27. The molecule has 58 valence electrons. The van der Waals surface area contributed by atoms with Gasteiger partial charge in [0.2, 0.25) is 0 Å². The third kappa shape index (κ3) is 3.53. The van der Waals surface area contributed by atoms with Gasteiger partial charge in [-0.1, -0.05) is 6.58 Å². The molecule has 10 heavy (non-hydrogen) atoms. The molecule has 3 nitrogen and oxygen atoms in total. The van der Waals surface area contributed by atoms with Crippen molar-refractivity contribution < 1.29 is 13.7 Å². The van der Waals surface area contributed by atoms with E-state index in [9.17, 15) is 4.79 Å². The van der Waals surface area contributed by atoms with Crippen LogP contribution in [0.3, 0.4) is 0 Å². The van der Waals surface area contributed by atoms with Crippen LogP contribution in [-0.4, -0.2) is 19.2 Å². The standard InChI is InChI=1S/C6H10O3S/c1-4-10-9-5(2)6(7)8-3/h4-5H,1H2,2-3H3. The second kappa shape index (κ2) is 5.32. The van der Waals surface area contributed by atoms with Gasteiger partial charge in [0.1, 0.15) is 0 Å². The highest BCUT2D eigenvalue weighted by Gasteiger charge is 2.12. The maximum Gasteiger partial charge on any atom is 0.336 e. The van der Waals surface area contributed by atoms with Gasteiger partial charge in [-0.05, 0) is 12.3 Å². The third-order valence-electron chi connectivity index (χ3n) is 0.801. The van der Waals surface area contributed by atoms with Crippen molar-refractivity contribution in [1.82, 2.24) is 0 Å². The van der Waals surface area contributed by atoms with E-state index < -0.39 is 6.10 Å². The lowest BCUT2D eigenvalue weighted by Crippen LogP contribution is -2.18. The van der Waals surface area contributed by atoms with Gasteiger partial charge in [-0.2, -0.15) is 0 Å². The van der Waals surface area contributed by atoms with Crippen LogP contribution in [0.5, 0.6) is 0 Å². The topological polar surface area (TPSA) is 35.5 Å². The molecule has 0 fully saturated rings. The summed E-state index contributed by atoms with van der Waals surface area (Å²) in [6.45, 7) is 5.02. The SMILES string of the molecule is C=CSOC(C)C(=O)OC. The number of rotatable bonds is 4. The Bertz CT molecular complexity index is 124. The molecule has 0 bridgehead atoms. The lowest BCUT2D eigenvalue weighted by Gasteiger charge is -2.05. The Morgan fingerprint density at radius 2 is 2.40 bits per heavy atom. The minimum Gasteiger partial charge on any atom is -0.467 e. The van der Waals surface area contributed by atoms with E-state index in [0.29, 0.717) is 0 Å². The summed E-state index contributed by atoms with van der Waals surface area (Å²) in [6.07, 6.45) is -0.534. The number of hydrogen-bond acceptors (Lipinski definition) is 4. The first-order valence-corrected chi connectivity index (χ1v) is 3.53. The molecule has 0 amide bonds. The van der Waals surface area contributed by atoms with Gasteiger partial charge in [0.05, 0.1) is 7.11 Å². The molecule has 0 saturated heterocycles. The van der Waals surface area contributed by atoms with Gasteiger partial charge in [-0.25, -0.2) is 4.79 Å². The van der Waals surface area contributed by atoms with Gasteiger partial charge in [0.25, 0.3) is 0 Å². The number of hydrogen-bond donors (Lipinski definition) is 0. The Balaban J connectivity index is 3.50. The molecule has 0 radical (unpaired) electrons. The zero-order valence-electron chi connectivity index (χ0n) is 5.99. The molecule has 1 atom stereocenters. The molecule has 0 aliphatic heterocycles. The maximum atomic E-state index is 10.6. The first-order valence-electron chi connectivity index (χ1n) is 2.73. The van der Waals surface area contributed by atoms with Gasteiger partial charge in [0, 0.05) is 12.0 Å². The summed E-state index contributed by atoms with van der Waals surface area (Å²) in [5, 5.41) is 1.50. The zero-order valence-corrected chi connectivity index (χ0v) is 6.81. The normalized spacial score (nSPS) is 12.2. The van der Waals surface area contributed by atoms with Crippen molar-refractivity contribution in [2.75, 3.05) is 7.11 Å². The second-order valence-corrected chi connectivity index (χ2v) is 2.24. The number of esters is 1. The molecule has 0 aliphatic rings. The molecular formula is C6H10O3S. The lowest BCUT2D eigenvalue weighted by molar-refractivity contribution is -0.147. The Labute approximate surface area is 64.6 Å². The largest absolute Gasteiger partial charge is 0.467 e. The van der Waals surface area contributed by atoms with Crippen LogP contribution in [0.15, 0.2) is 12.0 Å². The summed E-state index contributed by atoms with van der Waals surface area (Å²) >= 11 is 1.02. The highest BCUT2D eigenvalue weighted by Crippen LogP contribution is 2.07. The molecule has 0 rings (SSSR count). The fourth-order valence-corrected chi connectivity index (χ4v) is 0.652. The van der Waals surface area contributed by atoms with E-state index in [0.717, 1.165) is 12.0 Å². The van der Waals surface area contributed by atoms with E-state index in [4.69, 9.17) is 4.18 Å². The predicted molar refractivity (Wildman–Crippen MR) is 40.4 cm³/mol. The molecule has 0 spiro atoms. The summed E-state index contributed by atoms with van der Waals surface area (Å²) in [6, 6.07) is 0. The molecule has 0 N–H and O–H groups in total.